The number of carbonyl (C=O) groups is 3. The summed E-state index contributed by atoms with van der Waals surface area (Å²) in [6, 6.07) is -0.496. The van der Waals surface area contributed by atoms with Gasteiger partial charge in [-0.3, -0.25) is 14.9 Å². The van der Waals surface area contributed by atoms with Crippen LogP contribution in [0.5, 0.6) is 0 Å². The second-order valence-electron chi connectivity index (χ2n) is 5.17. The molecule has 0 saturated carbocycles. The summed E-state index contributed by atoms with van der Waals surface area (Å²) in [5, 5.41) is 4.98. The molecule has 1 saturated heterocycles. The average molecular weight is 255 g/mol. The van der Waals surface area contributed by atoms with Crippen molar-refractivity contribution in [1.82, 2.24) is 15.5 Å². The first-order valence-electron chi connectivity index (χ1n) is 6.21. The highest BCUT2D eigenvalue weighted by Crippen LogP contribution is 2.24. The molecule has 1 rings (SSSR count). The third-order valence-electron chi connectivity index (χ3n) is 3.25. The fraction of sp³-hybridized carbons (Fsp3) is 0.750. The van der Waals surface area contributed by atoms with Gasteiger partial charge in [0.05, 0.1) is 0 Å². The smallest absolute Gasteiger partial charge is 0.325 e. The summed E-state index contributed by atoms with van der Waals surface area (Å²) in [7, 11) is 0. The average Bonchev–Trinajstić information content (AvgIpc) is 2.51. The van der Waals surface area contributed by atoms with E-state index in [1.807, 2.05) is 20.8 Å². The molecule has 1 unspecified atom stereocenters. The molecule has 0 spiro atoms. The van der Waals surface area contributed by atoms with Crippen LogP contribution in [-0.2, 0) is 9.59 Å². The number of hydrogen-bond acceptors (Lipinski definition) is 3. The normalized spacial score (nSPS) is 23.5. The summed E-state index contributed by atoms with van der Waals surface area (Å²) in [6.07, 6.45) is 0.474. The number of urea groups is 1. The van der Waals surface area contributed by atoms with Crippen LogP contribution in [0.25, 0.3) is 0 Å². The summed E-state index contributed by atoms with van der Waals surface area (Å²) in [5.74, 6) is -0.236. The molecule has 0 aliphatic carbocycles. The van der Waals surface area contributed by atoms with E-state index in [1.54, 1.807) is 6.92 Å². The quantitative estimate of drug-likeness (QED) is 0.701. The molecular weight excluding hydrogens is 234 g/mol. The maximum absolute atomic E-state index is 11.7. The number of hydrogen-bond donors (Lipinski definition) is 2. The van der Waals surface area contributed by atoms with E-state index in [0.717, 1.165) is 0 Å². The lowest BCUT2D eigenvalue weighted by molar-refractivity contribution is -0.128. The van der Waals surface area contributed by atoms with Crippen LogP contribution in [-0.4, -0.2) is 41.4 Å². The highest BCUT2D eigenvalue weighted by Gasteiger charge is 2.48. The summed E-state index contributed by atoms with van der Waals surface area (Å²) < 4.78 is 0. The lowest BCUT2D eigenvalue weighted by Gasteiger charge is -2.30. The molecule has 0 bridgehead atoms. The first-order valence-corrected chi connectivity index (χ1v) is 6.21. The fourth-order valence-electron chi connectivity index (χ4n) is 1.76. The maximum Gasteiger partial charge on any atom is 0.325 e. The van der Waals surface area contributed by atoms with Crippen LogP contribution < -0.4 is 10.6 Å². The van der Waals surface area contributed by atoms with Gasteiger partial charge in [0.15, 0.2) is 0 Å². The molecule has 102 valence electrons. The van der Waals surface area contributed by atoms with E-state index in [4.69, 9.17) is 0 Å². The van der Waals surface area contributed by atoms with Crippen LogP contribution in [0, 0.1) is 5.92 Å². The Bertz CT molecular complexity index is 368. The Morgan fingerprint density at radius 3 is 2.56 bits per heavy atom. The van der Waals surface area contributed by atoms with Gasteiger partial charge in [0.25, 0.3) is 5.91 Å². The molecule has 2 N–H and O–H groups in total. The lowest BCUT2D eigenvalue weighted by Crippen LogP contribution is -2.50. The van der Waals surface area contributed by atoms with Gasteiger partial charge in [0, 0.05) is 6.54 Å². The van der Waals surface area contributed by atoms with E-state index in [2.05, 4.69) is 10.6 Å². The van der Waals surface area contributed by atoms with Gasteiger partial charge < -0.3 is 10.2 Å². The van der Waals surface area contributed by atoms with Gasteiger partial charge in [0.2, 0.25) is 5.91 Å². The molecule has 0 radical (unpaired) electrons. The van der Waals surface area contributed by atoms with Crippen LogP contribution in [0.4, 0.5) is 4.79 Å². The second kappa shape index (κ2) is 5.37. The standard InChI is InChI=1S/C12H21N3O3/c1-5-12(4)10(17)14-11(18)15(12)7-9(16)13-6-8(2)3/h8H,5-7H2,1-4H3,(H,13,16)(H,14,17,18). The van der Waals surface area contributed by atoms with Crippen molar-refractivity contribution >= 4 is 17.8 Å². The largest absolute Gasteiger partial charge is 0.354 e. The Labute approximate surface area is 107 Å². The van der Waals surface area contributed by atoms with Gasteiger partial charge in [-0.1, -0.05) is 20.8 Å². The topological polar surface area (TPSA) is 78.5 Å². The van der Waals surface area contributed by atoms with Crippen molar-refractivity contribution in [1.29, 1.82) is 0 Å². The maximum atomic E-state index is 11.7. The Balaban J connectivity index is 2.67. The Kier molecular flexibility index (Phi) is 4.32. The van der Waals surface area contributed by atoms with E-state index in [9.17, 15) is 14.4 Å². The highest BCUT2D eigenvalue weighted by molar-refractivity contribution is 6.07. The Hall–Kier alpha value is -1.59. The third kappa shape index (κ3) is 2.80. The minimum atomic E-state index is -0.924. The minimum Gasteiger partial charge on any atom is -0.354 e. The van der Waals surface area contributed by atoms with Crippen molar-refractivity contribution in [3.8, 4) is 0 Å². The molecule has 0 aromatic heterocycles. The molecule has 4 amide bonds. The van der Waals surface area contributed by atoms with Crippen molar-refractivity contribution in [2.75, 3.05) is 13.1 Å². The van der Waals surface area contributed by atoms with Gasteiger partial charge in [0.1, 0.15) is 12.1 Å². The second-order valence-corrected chi connectivity index (χ2v) is 5.17. The molecule has 1 fully saturated rings. The van der Waals surface area contributed by atoms with E-state index in [-0.39, 0.29) is 18.4 Å². The molecular formula is C12H21N3O3. The highest BCUT2D eigenvalue weighted by atomic mass is 16.2. The summed E-state index contributed by atoms with van der Waals surface area (Å²) in [5.41, 5.74) is -0.924. The molecule has 1 atom stereocenters. The molecule has 0 aromatic rings. The van der Waals surface area contributed by atoms with Crippen LogP contribution in [0.2, 0.25) is 0 Å². The summed E-state index contributed by atoms with van der Waals surface area (Å²) in [6.45, 7) is 7.94. The lowest BCUT2D eigenvalue weighted by atomic mass is 9.97. The minimum absolute atomic E-state index is 0.0887. The summed E-state index contributed by atoms with van der Waals surface area (Å²) in [4.78, 5) is 36.3. The monoisotopic (exact) mass is 255 g/mol. The number of rotatable bonds is 5. The fourth-order valence-corrected chi connectivity index (χ4v) is 1.76. The Morgan fingerprint density at radius 1 is 1.44 bits per heavy atom. The van der Waals surface area contributed by atoms with Crippen molar-refractivity contribution < 1.29 is 14.4 Å². The number of carbonyl (C=O) groups excluding carboxylic acids is 3. The van der Waals surface area contributed by atoms with Crippen molar-refractivity contribution in [2.45, 2.75) is 39.7 Å². The van der Waals surface area contributed by atoms with Crippen molar-refractivity contribution in [3.63, 3.8) is 0 Å². The number of amides is 4. The van der Waals surface area contributed by atoms with Gasteiger partial charge >= 0.3 is 6.03 Å². The molecule has 1 aliphatic rings. The molecule has 1 aliphatic heterocycles. The van der Waals surface area contributed by atoms with E-state index >= 15 is 0 Å². The SMILES string of the molecule is CCC1(C)C(=O)NC(=O)N1CC(=O)NCC(C)C. The van der Waals surface area contributed by atoms with E-state index < -0.39 is 11.6 Å². The Morgan fingerprint density at radius 2 is 2.06 bits per heavy atom. The van der Waals surface area contributed by atoms with E-state index in [1.165, 1.54) is 4.90 Å². The zero-order chi connectivity index (χ0) is 13.9. The van der Waals surface area contributed by atoms with Crippen LogP contribution in [0.15, 0.2) is 0 Å². The van der Waals surface area contributed by atoms with Gasteiger partial charge in [-0.15, -0.1) is 0 Å². The predicted molar refractivity (Wildman–Crippen MR) is 66.8 cm³/mol. The van der Waals surface area contributed by atoms with Crippen molar-refractivity contribution in [2.24, 2.45) is 5.92 Å². The molecule has 0 aromatic carbocycles. The first-order chi connectivity index (χ1) is 8.31. The zero-order valence-electron chi connectivity index (χ0n) is 11.4. The molecule has 1 heterocycles. The number of nitrogens with one attached hydrogen (secondary N) is 2. The predicted octanol–water partition coefficient (Wildman–Crippen LogP) is 0.479. The van der Waals surface area contributed by atoms with Crippen LogP contribution in [0.1, 0.15) is 34.1 Å². The van der Waals surface area contributed by atoms with Gasteiger partial charge in [-0.2, -0.15) is 0 Å². The van der Waals surface area contributed by atoms with E-state index in [0.29, 0.717) is 18.9 Å². The van der Waals surface area contributed by atoms with Crippen molar-refractivity contribution in [3.05, 3.63) is 0 Å². The first kappa shape index (κ1) is 14.5. The molecule has 6 nitrogen and oxygen atoms in total. The van der Waals surface area contributed by atoms with Crippen LogP contribution >= 0.6 is 0 Å². The third-order valence-corrected chi connectivity index (χ3v) is 3.25. The number of nitrogens with zero attached hydrogens (tertiary/aromatic N) is 1. The summed E-state index contributed by atoms with van der Waals surface area (Å²) >= 11 is 0. The van der Waals surface area contributed by atoms with Gasteiger partial charge in [-0.05, 0) is 19.3 Å². The number of imide groups is 1. The zero-order valence-corrected chi connectivity index (χ0v) is 11.4. The van der Waals surface area contributed by atoms with Crippen LogP contribution in [0.3, 0.4) is 0 Å². The molecule has 6 heteroatoms. The van der Waals surface area contributed by atoms with Gasteiger partial charge in [-0.25, -0.2) is 4.79 Å². The molecule has 18 heavy (non-hydrogen) atoms.